The first-order chi connectivity index (χ1) is 11.8. The Kier molecular flexibility index (Phi) is 5.02. The predicted molar refractivity (Wildman–Crippen MR) is 99.5 cm³/mol. The van der Waals surface area contributed by atoms with Gasteiger partial charge in [-0.05, 0) is 38.5 Å². The quantitative estimate of drug-likeness (QED) is 0.691. The highest BCUT2D eigenvalue weighted by molar-refractivity contribution is 7.89. The molecule has 25 heavy (non-hydrogen) atoms. The summed E-state index contributed by atoms with van der Waals surface area (Å²) in [7, 11) is -3.71. The van der Waals surface area contributed by atoms with Gasteiger partial charge in [0.05, 0.1) is 11.3 Å². The van der Waals surface area contributed by atoms with Crippen LogP contribution in [0.5, 0.6) is 0 Å². The molecule has 0 aliphatic carbocycles. The lowest BCUT2D eigenvalue weighted by atomic mass is 10.2. The lowest BCUT2D eigenvalue weighted by Gasteiger charge is -2.09. The fourth-order valence-corrected chi connectivity index (χ4v) is 5.61. The van der Waals surface area contributed by atoms with Crippen LogP contribution in [0.25, 0.3) is 11.3 Å². The fraction of sp³-hybridized carbons (Fsp3) is 0.235. The molecule has 8 heteroatoms. The van der Waals surface area contributed by atoms with Gasteiger partial charge >= 0.3 is 0 Å². The van der Waals surface area contributed by atoms with Gasteiger partial charge in [0.15, 0.2) is 5.76 Å². The van der Waals surface area contributed by atoms with E-state index in [1.807, 2.05) is 6.92 Å². The third-order valence-electron chi connectivity index (χ3n) is 3.73. The van der Waals surface area contributed by atoms with Gasteiger partial charge in [-0.1, -0.05) is 28.9 Å². The molecule has 0 aliphatic rings. The van der Waals surface area contributed by atoms with Crippen LogP contribution in [0.3, 0.4) is 0 Å². The van der Waals surface area contributed by atoms with Crippen LogP contribution >= 0.6 is 22.9 Å². The molecule has 3 rings (SSSR count). The number of halogens is 1. The molecule has 0 saturated carbocycles. The van der Waals surface area contributed by atoms with Crippen molar-refractivity contribution < 1.29 is 12.9 Å². The van der Waals surface area contributed by atoms with Crippen LogP contribution < -0.4 is 4.72 Å². The summed E-state index contributed by atoms with van der Waals surface area (Å²) in [6.45, 7) is 5.65. The maximum atomic E-state index is 12.9. The van der Waals surface area contributed by atoms with Crippen LogP contribution in [0, 0.1) is 20.8 Å². The van der Waals surface area contributed by atoms with Crippen LogP contribution in [-0.4, -0.2) is 13.6 Å². The zero-order valence-corrected chi connectivity index (χ0v) is 16.3. The highest BCUT2D eigenvalue weighted by Crippen LogP contribution is 2.39. The first-order valence-corrected chi connectivity index (χ1v) is 10.2. The highest BCUT2D eigenvalue weighted by atomic mass is 35.5. The molecule has 0 saturated heterocycles. The normalized spacial score (nSPS) is 11.8. The van der Waals surface area contributed by atoms with Gasteiger partial charge in [-0.15, -0.1) is 11.3 Å². The maximum Gasteiger partial charge on any atom is 0.242 e. The van der Waals surface area contributed by atoms with Crippen molar-refractivity contribution >= 4 is 33.0 Å². The maximum absolute atomic E-state index is 12.9. The Bertz CT molecular complexity index is 1010. The molecule has 0 fully saturated rings. The molecule has 2 heterocycles. The lowest BCUT2D eigenvalue weighted by molar-refractivity contribution is 0.426. The number of sulfonamides is 1. The van der Waals surface area contributed by atoms with Crippen molar-refractivity contribution in [3.8, 4) is 11.3 Å². The minimum absolute atomic E-state index is 0.183. The second-order valence-electron chi connectivity index (χ2n) is 5.70. The van der Waals surface area contributed by atoms with Crippen LogP contribution in [0.15, 0.2) is 39.8 Å². The van der Waals surface area contributed by atoms with Crippen LogP contribution in [0.2, 0.25) is 5.02 Å². The van der Waals surface area contributed by atoms with Crippen molar-refractivity contribution in [1.29, 1.82) is 0 Å². The minimum atomic E-state index is -3.71. The van der Waals surface area contributed by atoms with Crippen molar-refractivity contribution in [2.75, 3.05) is 0 Å². The summed E-state index contributed by atoms with van der Waals surface area (Å²) in [6, 6.07) is 8.78. The molecular formula is C17H17ClN2O3S2. The Morgan fingerprint density at radius 3 is 2.44 bits per heavy atom. The standard InChI is InChI=1S/C17H17ClN2O3S2/c1-10-8-15(23-20-10)16-11(2)24-12(3)17(16)25(21,22)19-9-13-4-6-14(18)7-5-13/h4-8,19H,9H2,1-3H3. The number of hydrogen-bond donors (Lipinski definition) is 1. The third kappa shape index (κ3) is 3.79. The van der Waals surface area contributed by atoms with Gasteiger partial charge < -0.3 is 4.52 Å². The summed E-state index contributed by atoms with van der Waals surface area (Å²) in [6.07, 6.45) is 0. The van der Waals surface area contributed by atoms with E-state index >= 15 is 0 Å². The average molecular weight is 397 g/mol. The van der Waals surface area contributed by atoms with Crippen LogP contribution in [-0.2, 0) is 16.6 Å². The van der Waals surface area contributed by atoms with Crippen molar-refractivity contribution in [2.45, 2.75) is 32.2 Å². The third-order valence-corrected chi connectivity index (χ3v) is 6.70. The molecular weight excluding hydrogens is 380 g/mol. The SMILES string of the molecule is Cc1cc(-c2c(C)sc(C)c2S(=O)(=O)NCc2ccc(Cl)cc2)on1. The Hall–Kier alpha value is -1.67. The summed E-state index contributed by atoms with van der Waals surface area (Å²) in [5.74, 6) is 0.464. The van der Waals surface area contributed by atoms with E-state index in [9.17, 15) is 8.42 Å². The van der Waals surface area contributed by atoms with E-state index in [0.29, 0.717) is 26.9 Å². The predicted octanol–water partition coefficient (Wildman–Crippen LogP) is 4.46. The second kappa shape index (κ2) is 6.92. The number of nitrogens with one attached hydrogen (secondary N) is 1. The largest absolute Gasteiger partial charge is 0.356 e. The lowest BCUT2D eigenvalue weighted by Crippen LogP contribution is -2.24. The summed E-state index contributed by atoms with van der Waals surface area (Å²) < 4.78 is 33.8. The number of nitrogens with zero attached hydrogens (tertiary/aromatic N) is 1. The van der Waals surface area contributed by atoms with Gasteiger partial charge in [0.1, 0.15) is 4.90 Å². The van der Waals surface area contributed by atoms with E-state index in [1.54, 1.807) is 44.2 Å². The second-order valence-corrected chi connectivity index (χ2v) is 9.27. The molecule has 1 N–H and O–H groups in total. The number of aryl methyl sites for hydroxylation is 3. The number of benzene rings is 1. The molecule has 2 aromatic heterocycles. The first kappa shape index (κ1) is 18.1. The van der Waals surface area contributed by atoms with Crippen molar-refractivity contribution in [3.05, 3.63) is 56.4 Å². The topological polar surface area (TPSA) is 72.2 Å². The van der Waals surface area contributed by atoms with E-state index in [0.717, 1.165) is 10.4 Å². The van der Waals surface area contributed by atoms with Crippen molar-refractivity contribution in [2.24, 2.45) is 0 Å². The zero-order valence-electron chi connectivity index (χ0n) is 14.0. The van der Waals surface area contributed by atoms with E-state index in [2.05, 4.69) is 9.88 Å². The molecule has 132 valence electrons. The Morgan fingerprint density at radius 1 is 1.16 bits per heavy atom. The van der Waals surface area contributed by atoms with E-state index < -0.39 is 10.0 Å². The van der Waals surface area contributed by atoms with Gasteiger partial charge in [-0.3, -0.25) is 0 Å². The minimum Gasteiger partial charge on any atom is -0.356 e. The van der Waals surface area contributed by atoms with Crippen LogP contribution in [0.1, 0.15) is 21.0 Å². The molecule has 0 amide bonds. The summed E-state index contributed by atoms with van der Waals surface area (Å²) in [4.78, 5) is 1.84. The number of aromatic nitrogens is 1. The molecule has 0 unspecified atom stereocenters. The molecule has 0 spiro atoms. The monoisotopic (exact) mass is 396 g/mol. The summed E-state index contributed by atoms with van der Waals surface area (Å²) >= 11 is 7.28. The number of rotatable bonds is 5. The Balaban J connectivity index is 1.95. The molecule has 0 atom stereocenters. The molecule has 1 aromatic carbocycles. The van der Waals surface area contributed by atoms with E-state index in [1.165, 1.54) is 11.3 Å². The summed E-state index contributed by atoms with van der Waals surface area (Å²) in [5.41, 5.74) is 2.11. The molecule has 0 bridgehead atoms. The smallest absolute Gasteiger partial charge is 0.242 e. The Labute approximate surface area is 155 Å². The average Bonchev–Trinajstić information content (AvgIpc) is 3.09. The van der Waals surface area contributed by atoms with Crippen LogP contribution in [0.4, 0.5) is 0 Å². The van der Waals surface area contributed by atoms with Gasteiger partial charge in [-0.25, -0.2) is 13.1 Å². The first-order valence-electron chi connectivity index (χ1n) is 7.55. The molecule has 0 aliphatic heterocycles. The van der Waals surface area contributed by atoms with Gasteiger partial charge in [0, 0.05) is 27.4 Å². The molecule has 5 nitrogen and oxygen atoms in total. The fourth-order valence-electron chi connectivity index (χ4n) is 2.61. The van der Waals surface area contributed by atoms with Gasteiger partial charge in [0.2, 0.25) is 10.0 Å². The molecule has 0 radical (unpaired) electrons. The highest BCUT2D eigenvalue weighted by Gasteiger charge is 2.28. The van der Waals surface area contributed by atoms with Gasteiger partial charge in [0.25, 0.3) is 0 Å². The zero-order chi connectivity index (χ0) is 18.2. The van der Waals surface area contributed by atoms with Crippen molar-refractivity contribution in [1.82, 2.24) is 9.88 Å². The number of hydrogen-bond acceptors (Lipinski definition) is 5. The molecule has 3 aromatic rings. The van der Waals surface area contributed by atoms with Crippen molar-refractivity contribution in [3.63, 3.8) is 0 Å². The van der Waals surface area contributed by atoms with Gasteiger partial charge in [-0.2, -0.15) is 0 Å². The van der Waals surface area contributed by atoms with E-state index in [-0.39, 0.29) is 11.4 Å². The Morgan fingerprint density at radius 2 is 1.84 bits per heavy atom. The van der Waals surface area contributed by atoms with E-state index in [4.69, 9.17) is 16.1 Å². The summed E-state index contributed by atoms with van der Waals surface area (Å²) in [5, 5.41) is 4.48. The number of thiophene rings is 1.